The van der Waals surface area contributed by atoms with Gasteiger partial charge >= 0.3 is 0 Å². The molecule has 1 aromatic carbocycles. The van der Waals surface area contributed by atoms with E-state index in [9.17, 15) is 0 Å². The van der Waals surface area contributed by atoms with E-state index in [0.717, 1.165) is 18.5 Å². The summed E-state index contributed by atoms with van der Waals surface area (Å²) in [7, 11) is 0. The predicted octanol–water partition coefficient (Wildman–Crippen LogP) is 3.11. The number of nitrogens with one attached hydrogen (secondary N) is 1. The fraction of sp³-hybridized carbons (Fsp3) is 0.571. The summed E-state index contributed by atoms with van der Waals surface area (Å²) in [5.74, 6) is 0.885. The van der Waals surface area contributed by atoms with Gasteiger partial charge in [0.05, 0.1) is 0 Å². The molecule has 0 aromatic heterocycles. The minimum absolute atomic E-state index is 0.769. The minimum atomic E-state index is 0.769. The van der Waals surface area contributed by atoms with E-state index >= 15 is 0 Å². The van der Waals surface area contributed by atoms with Gasteiger partial charge in [0.1, 0.15) is 0 Å². The molecule has 0 heterocycles. The molecule has 2 rings (SSSR count). The highest BCUT2D eigenvalue weighted by Gasteiger charge is 2.31. The first kappa shape index (κ1) is 10.7. The molecule has 82 valence electrons. The van der Waals surface area contributed by atoms with Crippen LogP contribution in [0.2, 0.25) is 0 Å². The number of hydrogen-bond acceptors (Lipinski definition) is 1. The van der Waals surface area contributed by atoms with Gasteiger partial charge < -0.3 is 5.32 Å². The molecule has 1 saturated carbocycles. The van der Waals surface area contributed by atoms with Crippen molar-refractivity contribution >= 4 is 0 Å². The third kappa shape index (κ3) is 2.40. The highest BCUT2D eigenvalue weighted by molar-refractivity contribution is 5.37. The van der Waals surface area contributed by atoms with Crippen molar-refractivity contribution in [1.82, 2.24) is 5.32 Å². The Morgan fingerprint density at radius 3 is 2.20 bits per heavy atom. The molecule has 2 unspecified atom stereocenters. The topological polar surface area (TPSA) is 12.0 Å². The summed E-state index contributed by atoms with van der Waals surface area (Å²) in [4.78, 5) is 0. The molecule has 1 fully saturated rings. The van der Waals surface area contributed by atoms with E-state index in [1.54, 1.807) is 0 Å². The standard InChI is InChI=1S/C14H21N/c1-9-5-10(2)13(11(3)6-9)8-15-14-7-12(14)4/h5-6,12,14-15H,7-8H2,1-4H3. The van der Waals surface area contributed by atoms with Crippen LogP contribution in [0.3, 0.4) is 0 Å². The summed E-state index contributed by atoms with van der Waals surface area (Å²) in [5, 5.41) is 3.62. The van der Waals surface area contributed by atoms with Crippen molar-refractivity contribution in [2.24, 2.45) is 5.92 Å². The Morgan fingerprint density at radius 2 is 1.73 bits per heavy atom. The molecule has 0 spiro atoms. The molecule has 0 bridgehead atoms. The maximum Gasteiger partial charge on any atom is 0.0213 e. The van der Waals surface area contributed by atoms with Gasteiger partial charge in [-0.05, 0) is 49.8 Å². The molecule has 1 N–H and O–H groups in total. The molecular weight excluding hydrogens is 182 g/mol. The maximum atomic E-state index is 3.62. The van der Waals surface area contributed by atoms with Crippen molar-refractivity contribution in [3.8, 4) is 0 Å². The van der Waals surface area contributed by atoms with Gasteiger partial charge in [-0.1, -0.05) is 24.6 Å². The van der Waals surface area contributed by atoms with Gasteiger partial charge in [0.25, 0.3) is 0 Å². The van der Waals surface area contributed by atoms with E-state index in [0.29, 0.717) is 0 Å². The van der Waals surface area contributed by atoms with Crippen molar-refractivity contribution in [3.05, 3.63) is 34.4 Å². The Kier molecular flexibility index (Phi) is 2.83. The van der Waals surface area contributed by atoms with Crippen LogP contribution in [0.5, 0.6) is 0 Å². The highest BCUT2D eigenvalue weighted by atomic mass is 15.0. The second-order valence-electron chi connectivity index (χ2n) is 5.08. The summed E-state index contributed by atoms with van der Waals surface area (Å²) in [5.41, 5.74) is 5.70. The van der Waals surface area contributed by atoms with Crippen LogP contribution >= 0.6 is 0 Å². The van der Waals surface area contributed by atoms with Gasteiger partial charge in [0.15, 0.2) is 0 Å². The monoisotopic (exact) mass is 203 g/mol. The Morgan fingerprint density at radius 1 is 1.20 bits per heavy atom. The first-order chi connectivity index (χ1) is 7.08. The van der Waals surface area contributed by atoms with E-state index in [2.05, 4.69) is 45.1 Å². The zero-order chi connectivity index (χ0) is 11.0. The third-order valence-electron chi connectivity index (χ3n) is 3.49. The van der Waals surface area contributed by atoms with Gasteiger partial charge in [-0.15, -0.1) is 0 Å². The fourth-order valence-corrected chi connectivity index (χ4v) is 2.33. The van der Waals surface area contributed by atoms with Crippen LogP contribution in [0.25, 0.3) is 0 Å². The van der Waals surface area contributed by atoms with Crippen LogP contribution in [0.4, 0.5) is 0 Å². The molecule has 15 heavy (non-hydrogen) atoms. The van der Waals surface area contributed by atoms with Gasteiger partial charge in [0.2, 0.25) is 0 Å². The molecule has 0 saturated heterocycles. The molecule has 1 aliphatic carbocycles. The molecule has 0 aliphatic heterocycles. The van der Waals surface area contributed by atoms with Crippen molar-refractivity contribution in [3.63, 3.8) is 0 Å². The summed E-state index contributed by atoms with van der Waals surface area (Å²) in [6, 6.07) is 5.32. The predicted molar refractivity (Wildman–Crippen MR) is 65.1 cm³/mol. The molecule has 0 radical (unpaired) electrons. The van der Waals surface area contributed by atoms with Crippen LogP contribution in [-0.4, -0.2) is 6.04 Å². The number of benzene rings is 1. The van der Waals surface area contributed by atoms with Gasteiger partial charge in [-0.25, -0.2) is 0 Å². The van der Waals surface area contributed by atoms with Gasteiger partial charge in [-0.2, -0.15) is 0 Å². The molecule has 1 aromatic rings. The normalized spacial score (nSPS) is 24.3. The van der Waals surface area contributed by atoms with E-state index in [-0.39, 0.29) is 0 Å². The average Bonchev–Trinajstić information content (AvgIpc) is 2.80. The summed E-state index contributed by atoms with van der Waals surface area (Å²) >= 11 is 0. The zero-order valence-corrected chi connectivity index (χ0v) is 10.2. The van der Waals surface area contributed by atoms with E-state index < -0.39 is 0 Å². The van der Waals surface area contributed by atoms with E-state index in [1.807, 2.05) is 0 Å². The Bertz CT molecular complexity index is 345. The number of rotatable bonds is 3. The van der Waals surface area contributed by atoms with E-state index in [1.165, 1.54) is 28.7 Å². The van der Waals surface area contributed by atoms with Crippen LogP contribution in [0.1, 0.15) is 35.6 Å². The lowest BCUT2D eigenvalue weighted by Crippen LogP contribution is -2.18. The lowest BCUT2D eigenvalue weighted by atomic mass is 10.00. The largest absolute Gasteiger partial charge is 0.310 e. The molecule has 0 amide bonds. The second kappa shape index (κ2) is 3.97. The van der Waals surface area contributed by atoms with Crippen LogP contribution in [-0.2, 0) is 6.54 Å². The van der Waals surface area contributed by atoms with Crippen LogP contribution in [0, 0.1) is 26.7 Å². The summed E-state index contributed by atoms with van der Waals surface area (Å²) in [6.07, 6.45) is 1.35. The molecule has 2 atom stereocenters. The van der Waals surface area contributed by atoms with Crippen LogP contribution < -0.4 is 5.32 Å². The van der Waals surface area contributed by atoms with Crippen molar-refractivity contribution in [2.75, 3.05) is 0 Å². The number of hydrogen-bond donors (Lipinski definition) is 1. The highest BCUT2D eigenvalue weighted by Crippen LogP contribution is 2.29. The fourth-order valence-electron chi connectivity index (χ4n) is 2.33. The summed E-state index contributed by atoms with van der Waals surface area (Å²) < 4.78 is 0. The van der Waals surface area contributed by atoms with Crippen molar-refractivity contribution in [2.45, 2.75) is 46.7 Å². The van der Waals surface area contributed by atoms with Crippen molar-refractivity contribution < 1.29 is 0 Å². The molecule has 1 nitrogen and oxygen atoms in total. The molecular formula is C14H21N. The zero-order valence-electron chi connectivity index (χ0n) is 10.2. The number of aryl methyl sites for hydroxylation is 3. The van der Waals surface area contributed by atoms with Gasteiger partial charge in [0, 0.05) is 12.6 Å². The smallest absolute Gasteiger partial charge is 0.0213 e. The lowest BCUT2D eigenvalue weighted by Gasteiger charge is -2.12. The first-order valence-electron chi connectivity index (χ1n) is 5.88. The quantitative estimate of drug-likeness (QED) is 0.796. The Labute approximate surface area is 92.9 Å². The maximum absolute atomic E-state index is 3.62. The van der Waals surface area contributed by atoms with E-state index in [4.69, 9.17) is 0 Å². The SMILES string of the molecule is Cc1cc(C)c(CNC2CC2C)c(C)c1. The second-order valence-corrected chi connectivity index (χ2v) is 5.08. The molecule has 1 aliphatic rings. The Balaban J connectivity index is 2.06. The average molecular weight is 203 g/mol. The van der Waals surface area contributed by atoms with Crippen LogP contribution in [0.15, 0.2) is 12.1 Å². The minimum Gasteiger partial charge on any atom is -0.310 e. The van der Waals surface area contributed by atoms with Crippen molar-refractivity contribution in [1.29, 1.82) is 0 Å². The Hall–Kier alpha value is -0.820. The van der Waals surface area contributed by atoms with Gasteiger partial charge in [-0.3, -0.25) is 0 Å². The first-order valence-corrected chi connectivity index (χ1v) is 5.88. The lowest BCUT2D eigenvalue weighted by molar-refractivity contribution is 0.648. The third-order valence-corrected chi connectivity index (χ3v) is 3.49. The molecule has 1 heteroatoms. The summed E-state index contributed by atoms with van der Waals surface area (Å²) in [6.45, 7) is 9.94.